The Labute approximate surface area is 117 Å². The van der Waals surface area contributed by atoms with Crippen LogP contribution in [0.1, 0.15) is 45.4 Å². The first-order chi connectivity index (χ1) is 8.90. The van der Waals surface area contributed by atoms with E-state index in [9.17, 15) is 18.0 Å². The van der Waals surface area contributed by atoms with Crippen molar-refractivity contribution in [2.45, 2.75) is 57.7 Å². The lowest BCUT2D eigenvalue weighted by Gasteiger charge is -2.33. The van der Waals surface area contributed by atoms with E-state index in [-0.39, 0.29) is 12.5 Å². The maximum atomic E-state index is 12.9. The Morgan fingerprint density at radius 3 is 2.53 bits per heavy atom. The smallest absolute Gasteiger partial charge is 0.353 e. The van der Waals surface area contributed by atoms with Gasteiger partial charge >= 0.3 is 6.18 Å². The van der Waals surface area contributed by atoms with Gasteiger partial charge < -0.3 is 5.32 Å². The Hall–Kier alpha value is -0.450. The van der Waals surface area contributed by atoms with Gasteiger partial charge in [-0.05, 0) is 25.7 Å². The van der Waals surface area contributed by atoms with E-state index < -0.39 is 23.9 Å². The molecular formula is C13H21ClF3NO. The maximum Gasteiger partial charge on any atom is 0.392 e. The molecule has 1 saturated carbocycles. The molecule has 3 unspecified atom stereocenters. The van der Waals surface area contributed by atoms with Crippen LogP contribution in [0.3, 0.4) is 0 Å². The van der Waals surface area contributed by atoms with Gasteiger partial charge in [0.15, 0.2) is 0 Å². The van der Waals surface area contributed by atoms with Crippen LogP contribution >= 0.6 is 11.6 Å². The molecule has 0 aliphatic heterocycles. The van der Waals surface area contributed by atoms with Crippen LogP contribution in [-0.2, 0) is 4.79 Å². The summed E-state index contributed by atoms with van der Waals surface area (Å²) in [5, 5.41) is 2.72. The highest BCUT2D eigenvalue weighted by Crippen LogP contribution is 2.41. The average Bonchev–Trinajstić information content (AvgIpc) is 2.37. The van der Waals surface area contributed by atoms with Crippen LogP contribution in [0.2, 0.25) is 0 Å². The molecule has 0 heterocycles. The summed E-state index contributed by atoms with van der Waals surface area (Å²) in [6.45, 7) is 1.89. The Balaban J connectivity index is 2.66. The van der Waals surface area contributed by atoms with Gasteiger partial charge in [0.1, 0.15) is 0 Å². The Bertz CT molecular complexity index is 296. The lowest BCUT2D eigenvalue weighted by atomic mass is 9.78. The molecule has 1 aliphatic rings. The molecule has 0 bridgehead atoms. The van der Waals surface area contributed by atoms with Crippen LogP contribution in [0.4, 0.5) is 13.2 Å². The summed E-state index contributed by atoms with van der Waals surface area (Å²) >= 11 is 5.61. The Morgan fingerprint density at radius 1 is 1.37 bits per heavy atom. The van der Waals surface area contributed by atoms with Gasteiger partial charge in [0.2, 0.25) is 5.91 Å². The van der Waals surface area contributed by atoms with Gasteiger partial charge in [-0.2, -0.15) is 13.2 Å². The molecule has 6 heteroatoms. The van der Waals surface area contributed by atoms with Crippen molar-refractivity contribution in [2.24, 2.45) is 11.8 Å². The number of rotatable bonds is 5. The first kappa shape index (κ1) is 16.6. The number of nitrogens with one attached hydrogen (secondary N) is 1. The summed E-state index contributed by atoms with van der Waals surface area (Å²) in [4.78, 5) is 12.0. The van der Waals surface area contributed by atoms with Crippen molar-refractivity contribution in [1.82, 2.24) is 5.32 Å². The highest BCUT2D eigenvalue weighted by atomic mass is 35.5. The number of alkyl halides is 4. The Kier molecular flexibility index (Phi) is 6.43. The normalized spacial score (nSPS) is 25.9. The second-order valence-electron chi connectivity index (χ2n) is 5.13. The largest absolute Gasteiger partial charge is 0.392 e. The molecule has 0 radical (unpaired) electrons. The zero-order valence-corrected chi connectivity index (χ0v) is 11.9. The molecule has 0 aromatic heterocycles. The molecule has 0 aromatic carbocycles. The van der Waals surface area contributed by atoms with Crippen molar-refractivity contribution in [3.8, 4) is 0 Å². The number of hydrogen-bond donors (Lipinski definition) is 1. The van der Waals surface area contributed by atoms with Crippen molar-refractivity contribution >= 4 is 17.5 Å². The van der Waals surface area contributed by atoms with Crippen LogP contribution in [0.15, 0.2) is 0 Å². The Morgan fingerprint density at radius 2 is 2.00 bits per heavy atom. The van der Waals surface area contributed by atoms with Gasteiger partial charge in [-0.15, -0.1) is 11.6 Å². The number of hydrogen-bond acceptors (Lipinski definition) is 1. The third-order valence-electron chi connectivity index (χ3n) is 3.82. The SMILES string of the molecule is CCC(CCCl)NC(=O)C1CCCCC1C(F)(F)F. The molecule has 0 saturated heterocycles. The van der Waals surface area contributed by atoms with E-state index in [1.165, 1.54) is 0 Å². The minimum atomic E-state index is -4.28. The topological polar surface area (TPSA) is 29.1 Å². The molecule has 1 rings (SSSR count). The van der Waals surface area contributed by atoms with Crippen LogP contribution in [0.5, 0.6) is 0 Å². The van der Waals surface area contributed by atoms with E-state index in [2.05, 4.69) is 5.32 Å². The highest BCUT2D eigenvalue weighted by molar-refractivity contribution is 6.17. The minimum absolute atomic E-state index is 0.0634. The lowest BCUT2D eigenvalue weighted by Crippen LogP contribution is -2.45. The van der Waals surface area contributed by atoms with Crippen LogP contribution < -0.4 is 5.32 Å². The van der Waals surface area contributed by atoms with Gasteiger partial charge in [0.25, 0.3) is 0 Å². The fraction of sp³-hybridized carbons (Fsp3) is 0.923. The van der Waals surface area contributed by atoms with Gasteiger partial charge in [-0.3, -0.25) is 4.79 Å². The van der Waals surface area contributed by atoms with Crippen molar-refractivity contribution in [2.75, 3.05) is 5.88 Å². The third kappa shape index (κ3) is 4.86. The van der Waals surface area contributed by atoms with E-state index in [0.29, 0.717) is 38.0 Å². The standard InChI is InChI=1S/C13H21ClF3NO/c1-2-9(7-8-14)18-12(19)10-5-3-4-6-11(10)13(15,16)17/h9-11H,2-8H2,1H3,(H,18,19). The maximum absolute atomic E-state index is 12.9. The number of halogens is 4. The molecule has 0 spiro atoms. The van der Waals surface area contributed by atoms with Crippen LogP contribution in [0.25, 0.3) is 0 Å². The molecule has 1 aliphatic carbocycles. The van der Waals surface area contributed by atoms with Crippen LogP contribution in [0, 0.1) is 11.8 Å². The van der Waals surface area contributed by atoms with E-state index >= 15 is 0 Å². The summed E-state index contributed by atoms with van der Waals surface area (Å²) in [5.74, 6) is -2.49. The van der Waals surface area contributed by atoms with E-state index in [1.807, 2.05) is 6.92 Å². The lowest BCUT2D eigenvalue weighted by molar-refractivity contribution is -0.198. The van der Waals surface area contributed by atoms with Gasteiger partial charge in [0.05, 0.1) is 5.92 Å². The molecule has 0 aromatic rings. The van der Waals surface area contributed by atoms with Gasteiger partial charge in [-0.25, -0.2) is 0 Å². The summed E-state index contributed by atoms with van der Waals surface area (Å²) in [6.07, 6.45) is -1.38. The summed E-state index contributed by atoms with van der Waals surface area (Å²) in [7, 11) is 0. The molecule has 1 fully saturated rings. The second kappa shape index (κ2) is 7.36. The van der Waals surface area contributed by atoms with E-state index in [4.69, 9.17) is 11.6 Å². The third-order valence-corrected chi connectivity index (χ3v) is 4.04. The first-order valence-electron chi connectivity index (χ1n) is 6.83. The molecule has 1 amide bonds. The monoisotopic (exact) mass is 299 g/mol. The minimum Gasteiger partial charge on any atom is -0.353 e. The summed E-state index contributed by atoms with van der Waals surface area (Å²) in [5.41, 5.74) is 0. The average molecular weight is 300 g/mol. The zero-order chi connectivity index (χ0) is 14.5. The van der Waals surface area contributed by atoms with E-state index in [0.717, 1.165) is 0 Å². The van der Waals surface area contributed by atoms with Crippen molar-refractivity contribution in [3.05, 3.63) is 0 Å². The van der Waals surface area contributed by atoms with Crippen molar-refractivity contribution in [1.29, 1.82) is 0 Å². The van der Waals surface area contributed by atoms with Crippen LogP contribution in [-0.4, -0.2) is 24.0 Å². The predicted octanol–water partition coefficient (Wildman–Crippen LogP) is 3.88. The molecule has 2 nitrogen and oxygen atoms in total. The molecule has 112 valence electrons. The molecule has 3 atom stereocenters. The fourth-order valence-electron chi connectivity index (χ4n) is 2.65. The van der Waals surface area contributed by atoms with Crippen molar-refractivity contribution < 1.29 is 18.0 Å². The summed E-state index contributed by atoms with van der Waals surface area (Å²) < 4.78 is 38.8. The van der Waals surface area contributed by atoms with E-state index in [1.54, 1.807) is 0 Å². The second-order valence-corrected chi connectivity index (χ2v) is 5.51. The van der Waals surface area contributed by atoms with Crippen molar-refractivity contribution in [3.63, 3.8) is 0 Å². The molecular weight excluding hydrogens is 279 g/mol. The predicted molar refractivity (Wildman–Crippen MR) is 69.1 cm³/mol. The quantitative estimate of drug-likeness (QED) is 0.767. The molecule has 1 N–H and O–H groups in total. The fourth-order valence-corrected chi connectivity index (χ4v) is 2.92. The molecule has 19 heavy (non-hydrogen) atoms. The van der Waals surface area contributed by atoms with Gasteiger partial charge in [-0.1, -0.05) is 19.8 Å². The number of amides is 1. The zero-order valence-electron chi connectivity index (χ0n) is 11.1. The van der Waals surface area contributed by atoms with Gasteiger partial charge in [0, 0.05) is 17.8 Å². The summed E-state index contributed by atoms with van der Waals surface area (Å²) in [6, 6.07) is -0.124. The number of carbonyl (C=O) groups is 1. The number of carbonyl (C=O) groups excluding carboxylic acids is 1. The highest BCUT2D eigenvalue weighted by Gasteiger charge is 2.48. The first-order valence-corrected chi connectivity index (χ1v) is 7.36.